The fourth-order valence-corrected chi connectivity index (χ4v) is 2.07. The monoisotopic (exact) mass is 327 g/mol. The molecule has 0 saturated heterocycles. The summed E-state index contributed by atoms with van der Waals surface area (Å²) in [6.07, 6.45) is 4.70. The fourth-order valence-electron chi connectivity index (χ4n) is 2.07. The molecule has 0 unspecified atom stereocenters. The quantitative estimate of drug-likeness (QED) is 0.765. The van der Waals surface area contributed by atoms with E-state index >= 15 is 0 Å². The van der Waals surface area contributed by atoms with E-state index in [9.17, 15) is 14.0 Å². The third-order valence-corrected chi connectivity index (χ3v) is 3.31. The second kappa shape index (κ2) is 8.57. The summed E-state index contributed by atoms with van der Waals surface area (Å²) < 4.78 is 13.5. The van der Waals surface area contributed by atoms with Crippen LogP contribution in [0.5, 0.6) is 0 Å². The first-order chi connectivity index (χ1) is 11.6. The van der Waals surface area contributed by atoms with E-state index in [4.69, 9.17) is 0 Å². The maximum absolute atomic E-state index is 13.5. The SMILES string of the molecule is C=CCNC(=O)c1cncc(C(=O)NCCc2ccccc2F)c1. The molecule has 0 aliphatic rings. The van der Waals surface area contributed by atoms with Crippen LogP contribution in [-0.4, -0.2) is 29.9 Å². The highest BCUT2D eigenvalue weighted by atomic mass is 19.1. The Kier molecular flexibility index (Phi) is 6.19. The Bertz CT molecular complexity index is 747. The van der Waals surface area contributed by atoms with Crippen LogP contribution in [0.1, 0.15) is 26.3 Å². The summed E-state index contributed by atoms with van der Waals surface area (Å²) in [5.74, 6) is -0.991. The molecule has 1 aromatic heterocycles. The molecule has 2 aromatic rings. The van der Waals surface area contributed by atoms with Crippen molar-refractivity contribution < 1.29 is 14.0 Å². The first-order valence-electron chi connectivity index (χ1n) is 7.47. The number of hydrogen-bond acceptors (Lipinski definition) is 3. The second-order valence-electron chi connectivity index (χ2n) is 5.06. The first-order valence-corrected chi connectivity index (χ1v) is 7.47. The zero-order valence-corrected chi connectivity index (χ0v) is 13.1. The van der Waals surface area contributed by atoms with Crippen molar-refractivity contribution in [3.63, 3.8) is 0 Å². The molecule has 2 rings (SSSR count). The molecule has 0 fully saturated rings. The molecule has 2 amide bonds. The van der Waals surface area contributed by atoms with Gasteiger partial charge in [0.15, 0.2) is 0 Å². The number of aromatic nitrogens is 1. The van der Waals surface area contributed by atoms with Crippen molar-refractivity contribution in [1.29, 1.82) is 0 Å². The van der Waals surface area contributed by atoms with Crippen molar-refractivity contribution in [2.24, 2.45) is 0 Å². The Morgan fingerprint density at radius 1 is 1.12 bits per heavy atom. The molecule has 5 nitrogen and oxygen atoms in total. The van der Waals surface area contributed by atoms with Crippen LogP contribution >= 0.6 is 0 Å². The molecule has 0 atom stereocenters. The molecule has 1 aromatic carbocycles. The fraction of sp³-hybridized carbons (Fsp3) is 0.167. The number of hydrogen-bond donors (Lipinski definition) is 2. The Morgan fingerprint density at radius 2 is 1.79 bits per heavy atom. The molecule has 6 heteroatoms. The van der Waals surface area contributed by atoms with E-state index in [1.54, 1.807) is 24.3 Å². The van der Waals surface area contributed by atoms with Crippen LogP contribution in [0, 0.1) is 5.82 Å². The van der Waals surface area contributed by atoms with Gasteiger partial charge in [0, 0.05) is 25.5 Å². The van der Waals surface area contributed by atoms with E-state index in [0.717, 1.165) is 0 Å². The molecule has 0 spiro atoms. The molecule has 124 valence electrons. The molecule has 24 heavy (non-hydrogen) atoms. The van der Waals surface area contributed by atoms with Gasteiger partial charge in [0.2, 0.25) is 0 Å². The molecule has 2 N–H and O–H groups in total. The molecule has 0 saturated carbocycles. The number of benzene rings is 1. The van der Waals surface area contributed by atoms with Crippen LogP contribution in [0.3, 0.4) is 0 Å². The van der Waals surface area contributed by atoms with Crippen molar-refractivity contribution in [3.8, 4) is 0 Å². The summed E-state index contributed by atoms with van der Waals surface area (Å²) in [4.78, 5) is 27.9. The van der Waals surface area contributed by atoms with Crippen LogP contribution in [-0.2, 0) is 6.42 Å². The van der Waals surface area contributed by atoms with Gasteiger partial charge in [-0.05, 0) is 24.1 Å². The van der Waals surface area contributed by atoms with Gasteiger partial charge >= 0.3 is 0 Å². The number of nitrogens with zero attached hydrogens (tertiary/aromatic N) is 1. The lowest BCUT2D eigenvalue weighted by Gasteiger charge is -2.07. The van der Waals surface area contributed by atoms with Gasteiger partial charge in [-0.25, -0.2) is 4.39 Å². The van der Waals surface area contributed by atoms with Crippen LogP contribution in [0.15, 0.2) is 55.4 Å². The molecule has 0 radical (unpaired) electrons. The second-order valence-corrected chi connectivity index (χ2v) is 5.06. The smallest absolute Gasteiger partial charge is 0.253 e. The minimum Gasteiger partial charge on any atom is -0.352 e. The van der Waals surface area contributed by atoms with E-state index in [2.05, 4.69) is 22.2 Å². The molecule has 0 aliphatic heterocycles. The van der Waals surface area contributed by atoms with Crippen molar-refractivity contribution in [1.82, 2.24) is 15.6 Å². The summed E-state index contributed by atoms with van der Waals surface area (Å²) >= 11 is 0. The van der Waals surface area contributed by atoms with Gasteiger partial charge in [-0.1, -0.05) is 24.3 Å². The lowest BCUT2D eigenvalue weighted by atomic mass is 10.1. The maximum atomic E-state index is 13.5. The Hall–Kier alpha value is -3.02. The Labute approximate surface area is 139 Å². The van der Waals surface area contributed by atoms with E-state index in [1.807, 2.05) is 0 Å². The van der Waals surface area contributed by atoms with Crippen LogP contribution in [0.2, 0.25) is 0 Å². The largest absolute Gasteiger partial charge is 0.352 e. The minimum atomic E-state index is -0.364. The molecule has 0 aliphatic carbocycles. The van der Waals surface area contributed by atoms with E-state index in [0.29, 0.717) is 24.1 Å². The summed E-state index contributed by atoms with van der Waals surface area (Å²) in [5.41, 5.74) is 1.10. The lowest BCUT2D eigenvalue weighted by Crippen LogP contribution is -2.27. The summed E-state index contributed by atoms with van der Waals surface area (Å²) in [6.45, 7) is 4.13. The van der Waals surface area contributed by atoms with E-state index < -0.39 is 0 Å². The van der Waals surface area contributed by atoms with Gasteiger partial charge < -0.3 is 10.6 Å². The number of nitrogens with one attached hydrogen (secondary N) is 2. The zero-order chi connectivity index (χ0) is 17.4. The van der Waals surface area contributed by atoms with Gasteiger partial charge in [-0.15, -0.1) is 6.58 Å². The van der Waals surface area contributed by atoms with E-state index in [-0.39, 0.29) is 29.7 Å². The van der Waals surface area contributed by atoms with Gasteiger partial charge in [0.25, 0.3) is 11.8 Å². The van der Waals surface area contributed by atoms with Gasteiger partial charge in [0.05, 0.1) is 11.1 Å². The highest BCUT2D eigenvalue weighted by molar-refractivity contribution is 5.99. The molecule has 0 bridgehead atoms. The summed E-state index contributed by atoms with van der Waals surface area (Å²) in [7, 11) is 0. The topological polar surface area (TPSA) is 71.1 Å². The average Bonchev–Trinajstić information content (AvgIpc) is 2.61. The predicted octanol–water partition coefficient (Wildman–Crippen LogP) is 2.11. The van der Waals surface area contributed by atoms with Crippen molar-refractivity contribution in [2.75, 3.05) is 13.1 Å². The number of pyridine rings is 1. The Morgan fingerprint density at radius 3 is 2.46 bits per heavy atom. The van der Waals surface area contributed by atoms with Crippen molar-refractivity contribution in [3.05, 3.63) is 77.9 Å². The third kappa shape index (κ3) is 4.74. The van der Waals surface area contributed by atoms with Crippen molar-refractivity contribution in [2.45, 2.75) is 6.42 Å². The molecular formula is C18H18FN3O2. The summed E-state index contributed by atoms with van der Waals surface area (Å²) in [6, 6.07) is 7.88. The standard InChI is InChI=1S/C18H18FN3O2/c1-2-8-21-17(23)14-10-15(12-20-11-14)18(24)22-9-7-13-5-3-4-6-16(13)19/h2-6,10-12H,1,7-9H2,(H,21,23)(H,22,24). The highest BCUT2D eigenvalue weighted by Gasteiger charge is 2.11. The number of rotatable bonds is 7. The van der Waals surface area contributed by atoms with Gasteiger partial charge in [0.1, 0.15) is 5.82 Å². The Balaban J connectivity index is 1.94. The number of amides is 2. The van der Waals surface area contributed by atoms with E-state index in [1.165, 1.54) is 24.5 Å². The van der Waals surface area contributed by atoms with Crippen LogP contribution < -0.4 is 10.6 Å². The van der Waals surface area contributed by atoms with Crippen LogP contribution in [0.25, 0.3) is 0 Å². The zero-order valence-electron chi connectivity index (χ0n) is 13.1. The maximum Gasteiger partial charge on any atom is 0.253 e. The minimum absolute atomic E-state index is 0.273. The number of carbonyl (C=O) groups is 2. The predicted molar refractivity (Wildman–Crippen MR) is 89.2 cm³/mol. The van der Waals surface area contributed by atoms with Crippen molar-refractivity contribution >= 4 is 11.8 Å². The lowest BCUT2D eigenvalue weighted by molar-refractivity contribution is 0.0953. The highest BCUT2D eigenvalue weighted by Crippen LogP contribution is 2.07. The normalized spacial score (nSPS) is 10.0. The van der Waals surface area contributed by atoms with Crippen LogP contribution in [0.4, 0.5) is 4.39 Å². The molecule has 1 heterocycles. The number of halogens is 1. The van der Waals surface area contributed by atoms with Gasteiger partial charge in [-0.2, -0.15) is 0 Å². The average molecular weight is 327 g/mol. The molecular weight excluding hydrogens is 309 g/mol. The third-order valence-electron chi connectivity index (χ3n) is 3.31. The number of carbonyl (C=O) groups excluding carboxylic acids is 2. The first kappa shape index (κ1) is 17.3. The summed E-state index contributed by atoms with van der Waals surface area (Å²) in [5, 5.41) is 5.31. The van der Waals surface area contributed by atoms with Gasteiger partial charge in [-0.3, -0.25) is 14.6 Å².